The standard InChI is InChI=1S/C26H46O4S.Na/c1-4-7-9-11-13-15-18-23-20-24(19-16-14-12-10-8-5-2)22-25(21-23)30-26(17-6-3)31(27,28)29;/h20-22,26H,4-19H2,1-3H3,(H,27,28,29);/q;+1/p-1. The van der Waals surface area contributed by atoms with Gasteiger partial charge in [-0.05, 0) is 55.4 Å². The molecular weight excluding hydrogens is 431 g/mol. The molecule has 0 radical (unpaired) electrons. The van der Waals surface area contributed by atoms with E-state index in [1.807, 2.05) is 19.1 Å². The Balaban J connectivity index is 0.00000961. The normalized spacial score (nSPS) is 12.4. The van der Waals surface area contributed by atoms with Crippen LogP contribution in [0.2, 0.25) is 0 Å². The van der Waals surface area contributed by atoms with E-state index in [1.165, 1.54) is 75.3 Å². The van der Waals surface area contributed by atoms with Gasteiger partial charge in [0.2, 0.25) is 0 Å². The Hall–Kier alpha value is -0.0700. The Morgan fingerprint density at radius 1 is 0.719 bits per heavy atom. The zero-order chi connectivity index (χ0) is 23.0. The molecule has 0 aromatic heterocycles. The third-order valence-electron chi connectivity index (χ3n) is 5.78. The minimum absolute atomic E-state index is 0. The number of unbranched alkanes of at least 4 members (excludes halogenated alkanes) is 10. The Kier molecular flexibility index (Phi) is 19.2. The Morgan fingerprint density at radius 3 is 1.56 bits per heavy atom. The van der Waals surface area contributed by atoms with Crippen molar-refractivity contribution in [3.05, 3.63) is 29.3 Å². The molecule has 180 valence electrons. The first-order chi connectivity index (χ1) is 14.9. The van der Waals surface area contributed by atoms with E-state index in [2.05, 4.69) is 19.9 Å². The van der Waals surface area contributed by atoms with E-state index in [-0.39, 0.29) is 36.0 Å². The third kappa shape index (κ3) is 15.0. The number of hydrogen-bond donors (Lipinski definition) is 0. The largest absolute Gasteiger partial charge is 1.00 e. The second kappa shape index (κ2) is 19.3. The van der Waals surface area contributed by atoms with E-state index < -0.39 is 15.6 Å². The van der Waals surface area contributed by atoms with E-state index in [0.717, 1.165) is 25.7 Å². The second-order valence-corrected chi connectivity index (χ2v) is 10.4. The average molecular weight is 477 g/mol. The zero-order valence-electron chi connectivity index (χ0n) is 21.2. The Bertz CT molecular complexity index is 657. The molecule has 0 aliphatic carbocycles. The van der Waals surface area contributed by atoms with Gasteiger partial charge in [-0.25, -0.2) is 8.42 Å². The van der Waals surface area contributed by atoms with Crippen molar-refractivity contribution in [3.8, 4) is 5.75 Å². The van der Waals surface area contributed by atoms with Crippen molar-refractivity contribution in [2.24, 2.45) is 0 Å². The first kappa shape index (κ1) is 31.9. The maximum Gasteiger partial charge on any atom is 1.00 e. The van der Waals surface area contributed by atoms with E-state index in [9.17, 15) is 13.0 Å². The quantitative estimate of drug-likeness (QED) is 0.167. The first-order valence-corrected chi connectivity index (χ1v) is 14.1. The molecule has 0 spiro atoms. The van der Waals surface area contributed by atoms with Crippen molar-refractivity contribution in [2.45, 2.75) is 129 Å². The molecule has 0 fully saturated rings. The van der Waals surface area contributed by atoms with Crippen LogP contribution in [0, 0.1) is 0 Å². The summed E-state index contributed by atoms with van der Waals surface area (Å²) in [5, 5.41) is 0. The van der Waals surface area contributed by atoms with Crippen LogP contribution >= 0.6 is 0 Å². The van der Waals surface area contributed by atoms with Gasteiger partial charge in [-0.3, -0.25) is 0 Å². The van der Waals surface area contributed by atoms with Crippen molar-refractivity contribution in [2.75, 3.05) is 0 Å². The molecule has 0 saturated carbocycles. The van der Waals surface area contributed by atoms with Gasteiger partial charge in [0.15, 0.2) is 5.44 Å². The molecule has 0 aliphatic rings. The minimum atomic E-state index is -4.48. The predicted molar refractivity (Wildman–Crippen MR) is 130 cm³/mol. The summed E-state index contributed by atoms with van der Waals surface area (Å²) in [6.07, 6.45) is 17.7. The van der Waals surface area contributed by atoms with Crippen molar-refractivity contribution in [1.82, 2.24) is 0 Å². The molecule has 4 nitrogen and oxygen atoms in total. The number of ether oxygens (including phenoxy) is 1. The molecule has 0 heterocycles. The minimum Gasteiger partial charge on any atom is -0.745 e. The predicted octanol–water partition coefficient (Wildman–Crippen LogP) is 4.55. The molecule has 0 aliphatic heterocycles. The van der Waals surface area contributed by atoms with Crippen LogP contribution in [0.3, 0.4) is 0 Å². The SMILES string of the molecule is CCCCCCCCc1cc(CCCCCCCC)cc(OC(CCC)S(=O)(=O)[O-])c1.[Na+]. The fourth-order valence-electron chi connectivity index (χ4n) is 3.95. The van der Waals surface area contributed by atoms with Gasteiger partial charge in [-0.15, -0.1) is 0 Å². The molecule has 1 aromatic carbocycles. The third-order valence-corrected chi connectivity index (χ3v) is 6.75. The maximum absolute atomic E-state index is 11.6. The molecule has 1 atom stereocenters. The summed E-state index contributed by atoms with van der Waals surface area (Å²) >= 11 is 0. The molecule has 0 bridgehead atoms. The molecule has 0 N–H and O–H groups in total. The summed E-state index contributed by atoms with van der Waals surface area (Å²) in [6.45, 7) is 6.32. The van der Waals surface area contributed by atoms with Crippen LogP contribution in [0.15, 0.2) is 18.2 Å². The molecule has 1 aromatic rings. The van der Waals surface area contributed by atoms with Crippen LogP contribution in [-0.2, 0) is 23.0 Å². The van der Waals surface area contributed by atoms with Gasteiger partial charge in [0.05, 0.1) is 0 Å². The van der Waals surface area contributed by atoms with Gasteiger partial charge < -0.3 is 9.29 Å². The Morgan fingerprint density at radius 2 is 1.16 bits per heavy atom. The number of hydrogen-bond acceptors (Lipinski definition) is 4. The molecule has 0 saturated heterocycles. The summed E-state index contributed by atoms with van der Waals surface area (Å²) in [4.78, 5) is 0. The van der Waals surface area contributed by atoms with Crippen LogP contribution in [-0.4, -0.2) is 18.4 Å². The number of rotatable bonds is 19. The van der Waals surface area contributed by atoms with E-state index in [4.69, 9.17) is 4.74 Å². The van der Waals surface area contributed by atoms with Gasteiger partial charge in [0.1, 0.15) is 15.9 Å². The van der Waals surface area contributed by atoms with E-state index in [0.29, 0.717) is 12.2 Å². The summed E-state index contributed by atoms with van der Waals surface area (Å²) < 4.78 is 40.5. The van der Waals surface area contributed by atoms with Crippen LogP contribution in [0.4, 0.5) is 0 Å². The summed E-state index contributed by atoms with van der Waals surface area (Å²) in [5.74, 6) is 0.530. The number of benzene rings is 1. The van der Waals surface area contributed by atoms with Gasteiger partial charge in [0.25, 0.3) is 0 Å². The van der Waals surface area contributed by atoms with Crippen LogP contribution < -0.4 is 34.3 Å². The van der Waals surface area contributed by atoms with Crippen molar-refractivity contribution >= 4 is 10.1 Å². The van der Waals surface area contributed by atoms with Crippen LogP contribution in [0.25, 0.3) is 0 Å². The van der Waals surface area contributed by atoms with Gasteiger partial charge in [-0.1, -0.05) is 97.5 Å². The summed E-state index contributed by atoms with van der Waals surface area (Å²) in [5.41, 5.74) is 1.07. The van der Waals surface area contributed by atoms with Crippen molar-refractivity contribution < 1.29 is 47.3 Å². The fraction of sp³-hybridized carbons (Fsp3) is 0.769. The van der Waals surface area contributed by atoms with Gasteiger partial charge in [0, 0.05) is 0 Å². The first-order valence-electron chi connectivity index (χ1n) is 12.6. The summed E-state index contributed by atoms with van der Waals surface area (Å²) in [7, 11) is -4.48. The molecule has 6 heteroatoms. The van der Waals surface area contributed by atoms with Crippen molar-refractivity contribution in [3.63, 3.8) is 0 Å². The summed E-state index contributed by atoms with van der Waals surface area (Å²) in [6, 6.07) is 6.11. The van der Waals surface area contributed by atoms with E-state index in [1.54, 1.807) is 0 Å². The van der Waals surface area contributed by atoms with E-state index >= 15 is 0 Å². The monoisotopic (exact) mass is 476 g/mol. The zero-order valence-corrected chi connectivity index (χ0v) is 24.0. The molecule has 0 amide bonds. The smallest absolute Gasteiger partial charge is 0.745 e. The van der Waals surface area contributed by atoms with Crippen molar-refractivity contribution in [1.29, 1.82) is 0 Å². The fourth-order valence-corrected chi connectivity index (χ4v) is 4.71. The van der Waals surface area contributed by atoms with Gasteiger partial charge in [-0.2, -0.15) is 0 Å². The molecular formula is C26H45NaO4S. The van der Waals surface area contributed by atoms with Crippen LogP contribution in [0.5, 0.6) is 5.75 Å². The second-order valence-electron chi connectivity index (χ2n) is 8.85. The molecule has 32 heavy (non-hydrogen) atoms. The molecule has 1 unspecified atom stereocenters. The van der Waals surface area contributed by atoms with Crippen LogP contribution in [0.1, 0.15) is 122 Å². The topological polar surface area (TPSA) is 66.4 Å². The average Bonchev–Trinajstić information content (AvgIpc) is 2.72. The number of aryl methyl sites for hydroxylation is 2. The Labute approximate surface area is 220 Å². The molecule has 1 rings (SSSR count). The van der Waals surface area contributed by atoms with Gasteiger partial charge >= 0.3 is 29.6 Å². The maximum atomic E-state index is 11.6.